The van der Waals surface area contributed by atoms with Gasteiger partial charge in [0.15, 0.2) is 0 Å². The second kappa shape index (κ2) is 5.94. The fourth-order valence-corrected chi connectivity index (χ4v) is 2.98. The third-order valence-corrected chi connectivity index (χ3v) is 3.98. The maximum absolute atomic E-state index is 12.0. The summed E-state index contributed by atoms with van der Waals surface area (Å²) in [5.74, 6) is -0.139. The number of nitrogens with one attached hydrogen (secondary N) is 1. The van der Waals surface area contributed by atoms with Crippen molar-refractivity contribution in [2.45, 2.75) is 12.4 Å². The number of anilines is 2. The van der Waals surface area contributed by atoms with Gasteiger partial charge in [-0.3, -0.25) is 4.72 Å². The van der Waals surface area contributed by atoms with Crippen molar-refractivity contribution < 1.29 is 13.5 Å². The minimum absolute atomic E-state index is 0.0731. The van der Waals surface area contributed by atoms with Gasteiger partial charge in [0.05, 0.1) is 12.4 Å². The van der Waals surface area contributed by atoms with Crippen LogP contribution in [0.15, 0.2) is 48.5 Å². The molecule has 4 N–H and O–H groups in total. The predicted octanol–water partition coefficient (Wildman–Crippen LogP) is 1.70. The quantitative estimate of drug-likeness (QED) is 0.731. The van der Waals surface area contributed by atoms with Crippen LogP contribution in [0.4, 0.5) is 11.4 Å². The highest BCUT2D eigenvalue weighted by Crippen LogP contribution is 2.15. The topological polar surface area (TPSA) is 92.4 Å². The molecule has 0 aliphatic rings. The SMILES string of the molecule is Nc1cccc(CS(=O)(=O)Nc2ccc(CO)cc2)c1. The van der Waals surface area contributed by atoms with Crippen molar-refractivity contribution in [2.24, 2.45) is 0 Å². The number of nitrogens with two attached hydrogens (primary N) is 1. The molecule has 20 heavy (non-hydrogen) atoms. The van der Waals surface area contributed by atoms with Gasteiger partial charge in [0.25, 0.3) is 0 Å². The van der Waals surface area contributed by atoms with E-state index in [-0.39, 0.29) is 12.4 Å². The molecule has 0 atom stereocenters. The van der Waals surface area contributed by atoms with Gasteiger partial charge in [0, 0.05) is 11.4 Å². The molecule has 6 heteroatoms. The van der Waals surface area contributed by atoms with Crippen LogP contribution in [0.25, 0.3) is 0 Å². The zero-order valence-electron chi connectivity index (χ0n) is 10.8. The van der Waals surface area contributed by atoms with E-state index in [0.29, 0.717) is 16.9 Å². The highest BCUT2D eigenvalue weighted by molar-refractivity contribution is 7.91. The van der Waals surface area contributed by atoms with Crippen molar-refractivity contribution in [3.8, 4) is 0 Å². The second-order valence-corrected chi connectivity index (χ2v) is 6.18. The van der Waals surface area contributed by atoms with Crippen LogP contribution in [0, 0.1) is 0 Å². The Morgan fingerprint density at radius 1 is 1.05 bits per heavy atom. The Morgan fingerprint density at radius 3 is 2.35 bits per heavy atom. The molecule has 0 saturated heterocycles. The lowest BCUT2D eigenvalue weighted by atomic mass is 10.2. The molecule has 0 saturated carbocycles. The molecule has 0 aliphatic heterocycles. The minimum Gasteiger partial charge on any atom is -0.399 e. The van der Waals surface area contributed by atoms with Gasteiger partial charge >= 0.3 is 0 Å². The molecule has 0 aliphatic carbocycles. The van der Waals surface area contributed by atoms with E-state index in [0.717, 1.165) is 5.56 Å². The number of hydrogen-bond donors (Lipinski definition) is 3. The minimum atomic E-state index is -3.49. The van der Waals surface area contributed by atoms with Crippen LogP contribution >= 0.6 is 0 Å². The fourth-order valence-electron chi connectivity index (χ4n) is 1.80. The summed E-state index contributed by atoms with van der Waals surface area (Å²) < 4.78 is 26.6. The Hall–Kier alpha value is -2.05. The molecule has 2 rings (SSSR count). The zero-order chi connectivity index (χ0) is 14.6. The van der Waals surface area contributed by atoms with Crippen molar-refractivity contribution in [2.75, 3.05) is 10.5 Å². The molecule has 0 radical (unpaired) electrons. The van der Waals surface area contributed by atoms with Crippen LogP contribution in [-0.4, -0.2) is 13.5 Å². The lowest BCUT2D eigenvalue weighted by Gasteiger charge is -2.09. The summed E-state index contributed by atoms with van der Waals surface area (Å²) in [6, 6.07) is 13.3. The lowest BCUT2D eigenvalue weighted by Crippen LogP contribution is -2.15. The Bertz CT molecular complexity index is 682. The number of aliphatic hydroxyl groups is 1. The van der Waals surface area contributed by atoms with Crippen molar-refractivity contribution in [3.63, 3.8) is 0 Å². The van der Waals surface area contributed by atoms with E-state index in [1.165, 1.54) is 0 Å². The predicted molar refractivity (Wildman–Crippen MR) is 79.5 cm³/mol. The molecular weight excluding hydrogens is 276 g/mol. The highest BCUT2D eigenvalue weighted by Gasteiger charge is 2.11. The number of rotatable bonds is 5. The molecule has 2 aromatic carbocycles. The average Bonchev–Trinajstić information content (AvgIpc) is 2.38. The molecule has 0 fully saturated rings. The van der Waals surface area contributed by atoms with E-state index in [4.69, 9.17) is 10.8 Å². The molecular formula is C14H16N2O3S. The summed E-state index contributed by atoms with van der Waals surface area (Å²) in [4.78, 5) is 0. The standard InChI is InChI=1S/C14H16N2O3S/c15-13-3-1-2-12(8-13)10-20(18,19)16-14-6-4-11(9-17)5-7-14/h1-8,16-17H,9-10,15H2. The van der Waals surface area contributed by atoms with Gasteiger partial charge in [0.1, 0.15) is 0 Å². The maximum Gasteiger partial charge on any atom is 0.236 e. The van der Waals surface area contributed by atoms with Gasteiger partial charge in [-0.15, -0.1) is 0 Å². The third kappa shape index (κ3) is 3.97. The first-order valence-corrected chi connectivity index (χ1v) is 7.68. The van der Waals surface area contributed by atoms with Crippen molar-refractivity contribution >= 4 is 21.4 Å². The number of nitrogen functional groups attached to an aromatic ring is 1. The van der Waals surface area contributed by atoms with E-state index in [9.17, 15) is 8.42 Å². The highest BCUT2D eigenvalue weighted by atomic mass is 32.2. The Kier molecular flexibility index (Phi) is 4.26. The molecule has 0 unspecified atom stereocenters. The van der Waals surface area contributed by atoms with Crippen LogP contribution in [0.3, 0.4) is 0 Å². The van der Waals surface area contributed by atoms with Crippen LogP contribution < -0.4 is 10.5 Å². The number of aliphatic hydroxyl groups excluding tert-OH is 1. The van der Waals surface area contributed by atoms with E-state index < -0.39 is 10.0 Å². The summed E-state index contributed by atoms with van der Waals surface area (Å²) in [7, 11) is -3.49. The molecule has 0 amide bonds. The Balaban J connectivity index is 2.10. The van der Waals surface area contributed by atoms with E-state index >= 15 is 0 Å². The first-order valence-electron chi connectivity index (χ1n) is 6.03. The number of sulfonamides is 1. The Labute approximate surface area is 118 Å². The zero-order valence-corrected chi connectivity index (χ0v) is 11.6. The summed E-state index contributed by atoms with van der Waals surface area (Å²) in [6.07, 6.45) is 0. The summed E-state index contributed by atoms with van der Waals surface area (Å²) in [5, 5.41) is 8.93. The summed E-state index contributed by atoms with van der Waals surface area (Å²) in [5.41, 5.74) is 7.97. The van der Waals surface area contributed by atoms with E-state index in [1.54, 1.807) is 48.5 Å². The normalized spacial score (nSPS) is 11.2. The molecule has 0 aromatic heterocycles. The fraction of sp³-hybridized carbons (Fsp3) is 0.143. The molecule has 106 valence electrons. The second-order valence-electron chi connectivity index (χ2n) is 4.46. The van der Waals surface area contributed by atoms with Crippen molar-refractivity contribution in [3.05, 3.63) is 59.7 Å². The number of benzene rings is 2. The van der Waals surface area contributed by atoms with Crippen molar-refractivity contribution in [1.29, 1.82) is 0 Å². The van der Waals surface area contributed by atoms with Crippen LogP contribution in [0.2, 0.25) is 0 Å². The monoisotopic (exact) mass is 292 g/mol. The first-order chi connectivity index (χ1) is 9.48. The van der Waals surface area contributed by atoms with Crippen molar-refractivity contribution in [1.82, 2.24) is 0 Å². The smallest absolute Gasteiger partial charge is 0.236 e. The number of hydrogen-bond acceptors (Lipinski definition) is 4. The molecule has 0 bridgehead atoms. The maximum atomic E-state index is 12.0. The molecule has 2 aromatic rings. The van der Waals surface area contributed by atoms with Gasteiger partial charge in [-0.2, -0.15) is 0 Å². The van der Waals surface area contributed by atoms with Gasteiger partial charge in [-0.25, -0.2) is 8.42 Å². The summed E-state index contributed by atoms with van der Waals surface area (Å²) >= 11 is 0. The van der Waals surface area contributed by atoms with Crippen LogP contribution in [0.5, 0.6) is 0 Å². The van der Waals surface area contributed by atoms with Gasteiger partial charge in [-0.1, -0.05) is 24.3 Å². The third-order valence-electron chi connectivity index (χ3n) is 2.72. The summed E-state index contributed by atoms with van der Waals surface area (Å²) in [6.45, 7) is -0.0731. The van der Waals surface area contributed by atoms with Gasteiger partial charge in [0.2, 0.25) is 10.0 Å². The first kappa shape index (κ1) is 14.4. The lowest BCUT2D eigenvalue weighted by molar-refractivity contribution is 0.282. The Morgan fingerprint density at radius 2 is 1.75 bits per heavy atom. The van der Waals surface area contributed by atoms with Crippen LogP contribution in [0.1, 0.15) is 11.1 Å². The van der Waals surface area contributed by atoms with Gasteiger partial charge in [-0.05, 0) is 35.4 Å². The van der Waals surface area contributed by atoms with E-state index in [2.05, 4.69) is 4.72 Å². The average molecular weight is 292 g/mol. The van der Waals surface area contributed by atoms with E-state index in [1.807, 2.05) is 0 Å². The molecule has 5 nitrogen and oxygen atoms in total. The van der Waals surface area contributed by atoms with Crippen LogP contribution in [-0.2, 0) is 22.4 Å². The molecule has 0 heterocycles. The molecule has 0 spiro atoms. The largest absolute Gasteiger partial charge is 0.399 e. The van der Waals surface area contributed by atoms with Gasteiger partial charge < -0.3 is 10.8 Å².